The third-order valence-corrected chi connectivity index (χ3v) is 18.0. The first-order chi connectivity index (χ1) is 39.6. The lowest BCUT2D eigenvalue weighted by Gasteiger charge is -2.42. The predicted molar refractivity (Wildman–Crippen MR) is 354 cm³/mol. The Morgan fingerprint density at radius 1 is 0.305 bits per heavy atom. The van der Waals surface area contributed by atoms with Crippen LogP contribution in [0.3, 0.4) is 0 Å². The third-order valence-electron chi connectivity index (χ3n) is 18.0. The van der Waals surface area contributed by atoms with Crippen molar-refractivity contribution < 1.29 is 0 Å². The van der Waals surface area contributed by atoms with E-state index in [9.17, 15) is 0 Å². The van der Waals surface area contributed by atoms with E-state index in [-0.39, 0.29) is 23.0 Å². The molecule has 0 saturated carbocycles. The molecule has 11 aromatic carbocycles. The van der Waals surface area contributed by atoms with E-state index in [0.29, 0.717) is 0 Å². The number of anilines is 3. The zero-order chi connectivity index (χ0) is 56.0. The molecule has 0 aliphatic carbocycles. The van der Waals surface area contributed by atoms with Crippen LogP contribution in [0.5, 0.6) is 0 Å². The van der Waals surface area contributed by atoms with E-state index in [1.807, 2.05) is 0 Å². The molecule has 0 bridgehead atoms. The molecule has 0 unspecified atom stereocenters. The van der Waals surface area contributed by atoms with Gasteiger partial charge in [0.2, 0.25) is 0 Å². The summed E-state index contributed by atoms with van der Waals surface area (Å²) in [6.45, 7) is 20.9. The number of rotatable bonds is 4. The second kappa shape index (κ2) is 18.2. The number of nitrogens with zero attached hydrogens (tertiary/aromatic N) is 3. The van der Waals surface area contributed by atoms with Gasteiger partial charge in [-0.1, -0.05) is 256 Å². The fourth-order valence-corrected chi connectivity index (χ4v) is 13.8. The van der Waals surface area contributed by atoms with Gasteiger partial charge >= 0.3 is 0 Å². The lowest BCUT2D eigenvalue weighted by atomic mass is 9.33. The summed E-state index contributed by atoms with van der Waals surface area (Å²) in [5.41, 5.74) is 22.9. The van der Waals surface area contributed by atoms with Gasteiger partial charge in [-0.05, 0) is 124 Å². The smallest absolute Gasteiger partial charge is 0.252 e. The molecule has 2 aliphatic heterocycles. The molecule has 82 heavy (non-hydrogen) atoms. The number of benzene rings is 11. The number of para-hydroxylation sites is 2. The maximum atomic E-state index is 2.68. The van der Waals surface area contributed by atoms with E-state index in [1.165, 1.54) is 138 Å². The number of hydrogen-bond acceptors (Lipinski definition) is 1. The zero-order valence-corrected chi connectivity index (χ0v) is 48.4. The van der Waals surface area contributed by atoms with Crippen LogP contribution >= 0.6 is 0 Å². The van der Waals surface area contributed by atoms with E-state index in [0.717, 1.165) is 11.4 Å². The molecule has 0 fully saturated rings. The summed E-state index contributed by atoms with van der Waals surface area (Å²) in [6, 6.07) is 90.5. The van der Waals surface area contributed by atoms with Crippen LogP contribution in [0.15, 0.2) is 237 Å². The minimum absolute atomic E-state index is 0.0492. The van der Waals surface area contributed by atoms with E-state index in [1.54, 1.807) is 0 Å². The Balaban J connectivity index is 1.17. The number of fused-ring (bicyclic) bond motifs is 15. The molecule has 15 rings (SSSR count). The monoisotopic (exact) mass is 1060 g/mol. The van der Waals surface area contributed by atoms with Crippen LogP contribution < -0.4 is 21.3 Å². The van der Waals surface area contributed by atoms with Gasteiger partial charge in [0.05, 0.1) is 27.8 Å². The minimum atomic E-state index is -0.129. The third kappa shape index (κ3) is 7.64. The fraction of sp³-hybridized carbons (Fsp3) is 0.154. The van der Waals surface area contributed by atoms with Crippen molar-refractivity contribution in [3.8, 4) is 33.6 Å². The van der Waals surface area contributed by atoms with E-state index in [2.05, 4.69) is 313 Å². The molecule has 4 heterocycles. The zero-order valence-electron chi connectivity index (χ0n) is 48.4. The SMILES string of the molecule is CC(C)(C)c1ccc2c(c1)-n1c3ccccc3c3ccccc3c3ccccc3c3ccc4c(c31)B2c1ccc(-n2c3cc(C(C)(C)C)ccc3c3ccc(C(C)(C)C)cc32)cc1N4c1c(-c2ccccc2)cccc1-c1ccccc1. The molecule has 3 nitrogen and oxygen atoms in total. The second-order valence-corrected chi connectivity index (χ2v) is 26.1. The van der Waals surface area contributed by atoms with Gasteiger partial charge < -0.3 is 14.0 Å². The Labute approximate surface area is 482 Å². The van der Waals surface area contributed by atoms with Gasteiger partial charge in [-0.15, -0.1) is 0 Å². The van der Waals surface area contributed by atoms with Crippen molar-refractivity contribution >= 4 is 105 Å². The van der Waals surface area contributed by atoms with Crippen molar-refractivity contribution in [2.75, 3.05) is 4.90 Å². The summed E-state index contributed by atoms with van der Waals surface area (Å²) in [6.07, 6.45) is 0. The largest absolute Gasteiger partial charge is 0.310 e. The normalized spacial score (nSPS) is 13.1. The summed E-state index contributed by atoms with van der Waals surface area (Å²) in [7, 11) is 0. The maximum Gasteiger partial charge on any atom is 0.252 e. The molecule has 0 amide bonds. The molecule has 396 valence electrons. The molecule has 0 N–H and O–H groups in total. The Morgan fingerprint density at radius 2 is 0.744 bits per heavy atom. The molecular weight excluding hydrogens is 990 g/mol. The van der Waals surface area contributed by atoms with Crippen LogP contribution in [0.2, 0.25) is 0 Å². The molecule has 2 aromatic heterocycles. The Morgan fingerprint density at radius 3 is 1.30 bits per heavy atom. The van der Waals surface area contributed by atoms with Gasteiger partial charge in [0, 0.05) is 55.4 Å². The predicted octanol–water partition coefficient (Wildman–Crippen LogP) is 19.2. The molecule has 0 atom stereocenters. The first-order valence-electron chi connectivity index (χ1n) is 29.3. The Hall–Kier alpha value is -9.12. The van der Waals surface area contributed by atoms with E-state index >= 15 is 0 Å². The quantitative estimate of drug-likeness (QED) is 0.160. The highest BCUT2D eigenvalue weighted by Gasteiger charge is 2.43. The molecule has 0 radical (unpaired) electrons. The van der Waals surface area contributed by atoms with Crippen LogP contribution in [0.4, 0.5) is 17.1 Å². The topological polar surface area (TPSA) is 13.1 Å². The summed E-state index contributed by atoms with van der Waals surface area (Å²) < 4.78 is 5.24. The summed E-state index contributed by atoms with van der Waals surface area (Å²) in [5, 5.41) is 9.84. The van der Waals surface area contributed by atoms with Crippen LogP contribution in [-0.4, -0.2) is 15.8 Å². The van der Waals surface area contributed by atoms with Crippen LogP contribution in [0.1, 0.15) is 79.0 Å². The van der Waals surface area contributed by atoms with Crippen LogP contribution in [0, 0.1) is 0 Å². The summed E-state index contributed by atoms with van der Waals surface area (Å²) in [5.74, 6) is 0. The average Bonchev–Trinajstić information content (AvgIpc) is 3.83. The molecule has 13 aromatic rings. The van der Waals surface area contributed by atoms with Gasteiger partial charge in [-0.2, -0.15) is 0 Å². The first-order valence-corrected chi connectivity index (χ1v) is 29.3. The highest BCUT2D eigenvalue weighted by atomic mass is 15.2. The second-order valence-electron chi connectivity index (χ2n) is 26.1. The molecule has 0 spiro atoms. The average molecular weight is 1060 g/mol. The van der Waals surface area contributed by atoms with Crippen molar-refractivity contribution in [1.82, 2.24) is 9.13 Å². The van der Waals surface area contributed by atoms with Crippen molar-refractivity contribution in [2.24, 2.45) is 0 Å². The standard InChI is InChI=1S/C78H66BN3/c1-76(2,3)51-35-39-62-63-40-36-52(77(4,5)6)46-70(63)80(69(62)45-51)54-38-43-66-72(48-54)82(74-55(49-23-12-10-13-24-49)32-22-33-56(74)50-25-14-11-15-26-50)68-44-41-64-60-30-19-17-28-58(60)57-27-16-18-29-59(57)61-31-20-21-34-67(61)81-71-47-53(78(7,8)9)37-42-65(71)79(66)73(68)75(64)81/h10-48H,1-9H3. The minimum Gasteiger partial charge on any atom is -0.310 e. The van der Waals surface area contributed by atoms with Crippen molar-refractivity contribution in [2.45, 2.75) is 78.6 Å². The molecule has 4 heteroatoms. The Bertz CT molecular complexity index is 4730. The molecule has 0 saturated heterocycles. The molecular formula is C78H66BN3. The maximum absolute atomic E-state index is 2.68. The van der Waals surface area contributed by atoms with E-state index < -0.39 is 0 Å². The highest BCUT2D eigenvalue weighted by molar-refractivity contribution is 7.00. The summed E-state index contributed by atoms with van der Waals surface area (Å²) >= 11 is 0. The number of aromatic nitrogens is 2. The van der Waals surface area contributed by atoms with Crippen molar-refractivity contribution in [3.63, 3.8) is 0 Å². The lowest BCUT2D eigenvalue weighted by molar-refractivity contribution is 0.590. The van der Waals surface area contributed by atoms with Crippen LogP contribution in [-0.2, 0) is 16.2 Å². The Kier molecular flexibility index (Phi) is 11.1. The van der Waals surface area contributed by atoms with Gasteiger partial charge in [-0.3, -0.25) is 0 Å². The van der Waals surface area contributed by atoms with E-state index in [4.69, 9.17) is 0 Å². The fourth-order valence-electron chi connectivity index (χ4n) is 13.8. The van der Waals surface area contributed by atoms with Crippen molar-refractivity contribution in [1.29, 1.82) is 0 Å². The van der Waals surface area contributed by atoms with Gasteiger partial charge in [-0.25, -0.2) is 0 Å². The van der Waals surface area contributed by atoms with Gasteiger partial charge in [0.15, 0.2) is 0 Å². The van der Waals surface area contributed by atoms with Gasteiger partial charge in [0.25, 0.3) is 6.71 Å². The van der Waals surface area contributed by atoms with Gasteiger partial charge in [0.1, 0.15) is 0 Å². The lowest BCUT2D eigenvalue weighted by Crippen LogP contribution is -2.60. The van der Waals surface area contributed by atoms with Crippen molar-refractivity contribution in [3.05, 3.63) is 253 Å². The molecule has 2 aliphatic rings. The first kappa shape index (κ1) is 49.9. The highest BCUT2D eigenvalue weighted by Crippen LogP contribution is 2.50. The summed E-state index contributed by atoms with van der Waals surface area (Å²) in [4.78, 5) is 2.68. The number of hydrogen-bond donors (Lipinski definition) is 0. The van der Waals surface area contributed by atoms with Crippen LogP contribution in [0.25, 0.3) is 98.8 Å².